The van der Waals surface area contributed by atoms with Gasteiger partial charge in [-0.15, -0.1) is 10.2 Å². The van der Waals surface area contributed by atoms with Gasteiger partial charge in [0.05, 0.1) is 0 Å². The van der Waals surface area contributed by atoms with Gasteiger partial charge < -0.3 is 5.32 Å². The van der Waals surface area contributed by atoms with Gasteiger partial charge in [0, 0.05) is 25.3 Å². The summed E-state index contributed by atoms with van der Waals surface area (Å²) in [5.74, 6) is -2.55. The van der Waals surface area contributed by atoms with Crippen molar-refractivity contribution in [3.8, 4) is 0 Å². The summed E-state index contributed by atoms with van der Waals surface area (Å²) in [5.41, 5.74) is 0. The predicted octanol–water partition coefficient (Wildman–Crippen LogP) is 1.77. The summed E-state index contributed by atoms with van der Waals surface area (Å²) in [6.45, 7) is 0.654. The van der Waals surface area contributed by atoms with E-state index in [-0.39, 0.29) is 18.8 Å². The Morgan fingerprint density at radius 3 is 2.79 bits per heavy atom. The Morgan fingerprint density at radius 1 is 1.50 bits per heavy atom. The minimum Gasteiger partial charge on any atom is -0.313 e. The van der Waals surface area contributed by atoms with Gasteiger partial charge in [0.25, 0.3) is 0 Å². The second kappa shape index (κ2) is 3.51. The van der Waals surface area contributed by atoms with Gasteiger partial charge in [-0.2, -0.15) is 0 Å². The highest BCUT2D eigenvalue weighted by Crippen LogP contribution is 2.48. The van der Waals surface area contributed by atoms with Crippen molar-refractivity contribution in [1.29, 1.82) is 0 Å². The monoisotopic (exact) mass is 219 g/mol. The van der Waals surface area contributed by atoms with Crippen molar-refractivity contribution in [3.05, 3.63) is 10.0 Å². The second-order valence-corrected chi connectivity index (χ2v) is 4.62. The number of aromatic nitrogens is 2. The van der Waals surface area contributed by atoms with Gasteiger partial charge in [-0.1, -0.05) is 11.3 Å². The van der Waals surface area contributed by atoms with E-state index in [1.807, 2.05) is 7.05 Å². The quantitative estimate of drug-likeness (QED) is 0.842. The van der Waals surface area contributed by atoms with Gasteiger partial charge in [-0.05, 0) is 7.05 Å². The van der Waals surface area contributed by atoms with E-state index < -0.39 is 5.92 Å². The van der Waals surface area contributed by atoms with E-state index in [4.69, 9.17) is 0 Å². The molecule has 0 aliphatic heterocycles. The minimum atomic E-state index is -2.47. The third-order valence-corrected chi connectivity index (χ3v) is 3.34. The van der Waals surface area contributed by atoms with Gasteiger partial charge in [0.15, 0.2) is 0 Å². The minimum absolute atomic E-state index is 0.0683. The molecule has 0 radical (unpaired) electrons. The molecular formula is C8H11F2N3S. The standard InChI is InChI=1S/C8H11F2N3S/c1-11-4-6-12-13-7(14-6)5-2-8(9,10)3-5/h5,11H,2-4H2,1H3. The summed E-state index contributed by atoms with van der Waals surface area (Å²) in [7, 11) is 1.82. The molecule has 0 unspecified atom stereocenters. The van der Waals surface area contributed by atoms with Gasteiger partial charge in [0.2, 0.25) is 5.92 Å². The zero-order valence-corrected chi connectivity index (χ0v) is 8.57. The highest BCUT2D eigenvalue weighted by molar-refractivity contribution is 7.11. The van der Waals surface area contributed by atoms with E-state index in [1.54, 1.807) is 0 Å². The average Bonchev–Trinajstić information content (AvgIpc) is 2.49. The molecule has 14 heavy (non-hydrogen) atoms. The van der Waals surface area contributed by atoms with Crippen molar-refractivity contribution in [2.45, 2.75) is 31.2 Å². The Hall–Kier alpha value is -0.620. The number of nitrogens with one attached hydrogen (secondary N) is 1. The third kappa shape index (κ3) is 1.90. The number of hydrogen-bond acceptors (Lipinski definition) is 4. The molecule has 0 spiro atoms. The Kier molecular flexibility index (Phi) is 2.48. The Balaban J connectivity index is 1.98. The number of alkyl halides is 2. The topological polar surface area (TPSA) is 37.8 Å². The first-order valence-corrected chi connectivity index (χ1v) is 5.27. The fraction of sp³-hybridized carbons (Fsp3) is 0.750. The van der Waals surface area contributed by atoms with E-state index in [0.717, 1.165) is 10.0 Å². The number of hydrogen-bond donors (Lipinski definition) is 1. The average molecular weight is 219 g/mol. The van der Waals surface area contributed by atoms with Crippen molar-refractivity contribution >= 4 is 11.3 Å². The highest BCUT2D eigenvalue weighted by Gasteiger charge is 2.47. The van der Waals surface area contributed by atoms with E-state index in [1.165, 1.54) is 11.3 Å². The van der Waals surface area contributed by atoms with Gasteiger partial charge in [0.1, 0.15) is 10.0 Å². The zero-order valence-electron chi connectivity index (χ0n) is 7.76. The van der Waals surface area contributed by atoms with Gasteiger partial charge >= 0.3 is 0 Å². The lowest BCUT2D eigenvalue weighted by molar-refractivity contribution is -0.0868. The molecule has 0 saturated heterocycles. The largest absolute Gasteiger partial charge is 0.313 e. The van der Waals surface area contributed by atoms with Crippen molar-refractivity contribution in [3.63, 3.8) is 0 Å². The van der Waals surface area contributed by atoms with Crippen LogP contribution in [0.4, 0.5) is 8.78 Å². The van der Waals surface area contributed by atoms with Crippen LogP contribution >= 0.6 is 11.3 Å². The maximum Gasteiger partial charge on any atom is 0.249 e. The molecule has 3 nitrogen and oxygen atoms in total. The first-order chi connectivity index (χ1) is 6.61. The summed E-state index contributed by atoms with van der Waals surface area (Å²) in [6, 6.07) is 0. The summed E-state index contributed by atoms with van der Waals surface area (Å²) in [4.78, 5) is 0. The summed E-state index contributed by atoms with van der Waals surface area (Å²) in [5, 5.41) is 12.4. The first kappa shape index (κ1) is 9.92. The molecule has 1 aromatic heterocycles. The van der Waals surface area contributed by atoms with Crippen LogP contribution in [-0.4, -0.2) is 23.2 Å². The summed E-state index contributed by atoms with van der Waals surface area (Å²) < 4.78 is 25.1. The fourth-order valence-electron chi connectivity index (χ4n) is 1.49. The number of halogens is 2. The molecule has 0 bridgehead atoms. The van der Waals surface area contributed by atoms with Crippen molar-refractivity contribution in [2.75, 3.05) is 7.05 Å². The lowest BCUT2D eigenvalue weighted by Crippen LogP contribution is -2.33. The fourth-order valence-corrected chi connectivity index (χ4v) is 2.44. The third-order valence-electron chi connectivity index (χ3n) is 2.25. The lowest BCUT2D eigenvalue weighted by Gasteiger charge is -2.32. The van der Waals surface area contributed by atoms with Crippen LogP contribution in [-0.2, 0) is 6.54 Å². The molecular weight excluding hydrogens is 208 g/mol. The zero-order chi connectivity index (χ0) is 10.2. The molecule has 1 aliphatic carbocycles. The molecule has 2 rings (SSSR count). The molecule has 78 valence electrons. The van der Waals surface area contributed by atoms with E-state index in [2.05, 4.69) is 15.5 Å². The summed E-state index contributed by atoms with van der Waals surface area (Å²) >= 11 is 1.42. The maximum absolute atomic E-state index is 12.6. The Labute approximate surface area is 84.5 Å². The maximum atomic E-state index is 12.6. The molecule has 1 saturated carbocycles. The van der Waals surface area contributed by atoms with Crippen LogP contribution in [0.1, 0.15) is 28.8 Å². The highest BCUT2D eigenvalue weighted by atomic mass is 32.1. The van der Waals surface area contributed by atoms with Crippen molar-refractivity contribution < 1.29 is 8.78 Å². The van der Waals surface area contributed by atoms with Gasteiger partial charge in [-0.3, -0.25) is 0 Å². The molecule has 0 atom stereocenters. The molecule has 1 heterocycles. The predicted molar refractivity (Wildman–Crippen MR) is 49.6 cm³/mol. The normalized spacial score (nSPS) is 20.8. The van der Waals surface area contributed by atoms with Crippen LogP contribution in [0.15, 0.2) is 0 Å². The molecule has 0 aromatic carbocycles. The summed E-state index contributed by atoms with van der Waals surface area (Å²) in [6.07, 6.45) is -0.137. The van der Waals surface area contributed by atoms with Crippen molar-refractivity contribution in [1.82, 2.24) is 15.5 Å². The molecule has 1 N–H and O–H groups in total. The second-order valence-electron chi connectivity index (χ2n) is 3.53. The molecule has 1 aliphatic rings. The Bertz CT molecular complexity index is 318. The van der Waals surface area contributed by atoms with Gasteiger partial charge in [-0.25, -0.2) is 8.78 Å². The van der Waals surface area contributed by atoms with Crippen LogP contribution in [0.5, 0.6) is 0 Å². The molecule has 1 aromatic rings. The first-order valence-electron chi connectivity index (χ1n) is 4.45. The van der Waals surface area contributed by atoms with Crippen LogP contribution in [0, 0.1) is 0 Å². The van der Waals surface area contributed by atoms with Crippen LogP contribution in [0.3, 0.4) is 0 Å². The smallest absolute Gasteiger partial charge is 0.249 e. The van der Waals surface area contributed by atoms with Crippen molar-refractivity contribution in [2.24, 2.45) is 0 Å². The van der Waals surface area contributed by atoms with Crippen LogP contribution < -0.4 is 5.32 Å². The van der Waals surface area contributed by atoms with E-state index in [0.29, 0.717) is 6.54 Å². The van der Waals surface area contributed by atoms with E-state index in [9.17, 15) is 8.78 Å². The number of nitrogens with zero attached hydrogens (tertiary/aromatic N) is 2. The number of rotatable bonds is 3. The molecule has 0 amide bonds. The lowest BCUT2D eigenvalue weighted by atomic mass is 9.82. The van der Waals surface area contributed by atoms with Crippen LogP contribution in [0.25, 0.3) is 0 Å². The molecule has 1 fully saturated rings. The Morgan fingerprint density at radius 2 is 2.21 bits per heavy atom. The molecule has 6 heteroatoms. The van der Waals surface area contributed by atoms with E-state index >= 15 is 0 Å². The SMILES string of the molecule is CNCc1nnc(C2CC(F)(F)C2)s1. The van der Waals surface area contributed by atoms with Crippen LogP contribution in [0.2, 0.25) is 0 Å².